The Morgan fingerprint density at radius 3 is 2.16 bits per heavy atom. The molecule has 0 N–H and O–H groups in total. The van der Waals surface area contributed by atoms with Gasteiger partial charge in [0, 0.05) is 22.5 Å². The lowest BCUT2D eigenvalue weighted by Gasteiger charge is -2.13. The monoisotopic (exact) mass is 330 g/mol. The Labute approximate surface area is 120 Å². The van der Waals surface area contributed by atoms with E-state index in [0.717, 1.165) is 0 Å². The van der Waals surface area contributed by atoms with Crippen LogP contribution in [-0.2, 0) is 0 Å². The van der Waals surface area contributed by atoms with E-state index in [-0.39, 0.29) is 16.1 Å². The number of hydrogen-bond acceptors (Lipinski definition) is 1. The number of methoxy groups -OCH3 is 1. The van der Waals surface area contributed by atoms with Crippen LogP contribution in [-0.4, -0.2) is 7.11 Å². The van der Waals surface area contributed by atoms with E-state index in [1.165, 1.54) is 44.9 Å². The molecule has 0 bridgehead atoms. The van der Waals surface area contributed by atoms with E-state index in [1.807, 2.05) is 0 Å². The van der Waals surface area contributed by atoms with Crippen LogP contribution in [0.4, 0.5) is 8.78 Å². The third kappa shape index (κ3) is 2.28. The van der Waals surface area contributed by atoms with Gasteiger partial charge in [-0.1, -0.05) is 28.8 Å². The number of benzene rings is 1. The third-order valence-electron chi connectivity index (χ3n) is 4.62. The fraction of sp³-hybridized carbons (Fsp3) is 0.600. The number of hydrogen-bond donors (Lipinski definition) is 0. The summed E-state index contributed by atoms with van der Waals surface area (Å²) < 4.78 is 33.0. The summed E-state index contributed by atoms with van der Waals surface area (Å²) in [4.78, 5) is -0.216. The molecule has 3 rings (SSSR count). The van der Waals surface area contributed by atoms with Gasteiger partial charge >= 0.3 is 0 Å². The van der Waals surface area contributed by atoms with E-state index in [4.69, 9.17) is 4.74 Å². The molecule has 19 heavy (non-hydrogen) atoms. The van der Waals surface area contributed by atoms with Crippen LogP contribution in [0.5, 0.6) is 5.75 Å². The summed E-state index contributed by atoms with van der Waals surface area (Å²) in [6.45, 7) is 0. The SMILES string of the molecule is COc1cc(F)c(C(Br)C2C3CCCCC32)c(F)c1. The molecule has 0 amide bonds. The van der Waals surface area contributed by atoms with Crippen LogP contribution < -0.4 is 4.74 Å². The van der Waals surface area contributed by atoms with Crippen molar-refractivity contribution in [2.75, 3.05) is 7.11 Å². The molecule has 3 atom stereocenters. The fourth-order valence-electron chi connectivity index (χ4n) is 3.62. The van der Waals surface area contributed by atoms with Crippen LogP contribution in [0.25, 0.3) is 0 Å². The van der Waals surface area contributed by atoms with Gasteiger partial charge in [-0.15, -0.1) is 0 Å². The number of halogens is 3. The van der Waals surface area contributed by atoms with Gasteiger partial charge in [0.2, 0.25) is 0 Å². The highest BCUT2D eigenvalue weighted by molar-refractivity contribution is 9.09. The largest absolute Gasteiger partial charge is 0.497 e. The standard InChI is InChI=1S/C15H17BrF2O/c1-19-8-6-11(17)14(12(18)7-8)15(16)13-9-4-2-3-5-10(9)13/h6-7,9-10,13,15H,2-5H2,1H3. The van der Waals surface area contributed by atoms with Crippen LogP contribution in [0.2, 0.25) is 0 Å². The maximum absolute atomic E-state index is 14.1. The second-order valence-electron chi connectivity index (χ2n) is 5.60. The summed E-state index contributed by atoms with van der Waals surface area (Å²) in [7, 11) is 1.41. The predicted molar refractivity (Wildman–Crippen MR) is 73.5 cm³/mol. The highest BCUT2D eigenvalue weighted by atomic mass is 79.9. The van der Waals surface area contributed by atoms with E-state index in [0.29, 0.717) is 17.8 Å². The smallest absolute Gasteiger partial charge is 0.134 e. The van der Waals surface area contributed by atoms with Gasteiger partial charge in [-0.3, -0.25) is 0 Å². The second kappa shape index (κ2) is 5.04. The van der Waals surface area contributed by atoms with Gasteiger partial charge in [-0.2, -0.15) is 0 Å². The molecule has 3 unspecified atom stereocenters. The summed E-state index contributed by atoms with van der Waals surface area (Å²) in [5.74, 6) is 0.898. The van der Waals surface area contributed by atoms with E-state index in [2.05, 4.69) is 15.9 Å². The van der Waals surface area contributed by atoms with E-state index >= 15 is 0 Å². The summed E-state index contributed by atoms with van der Waals surface area (Å²) in [6.07, 6.45) is 4.92. The van der Waals surface area contributed by atoms with Crippen molar-refractivity contribution in [1.82, 2.24) is 0 Å². The first-order valence-electron chi connectivity index (χ1n) is 6.80. The average molecular weight is 331 g/mol. The lowest BCUT2D eigenvalue weighted by molar-refractivity contribution is 0.404. The van der Waals surface area contributed by atoms with Crippen molar-refractivity contribution in [3.63, 3.8) is 0 Å². The summed E-state index contributed by atoms with van der Waals surface area (Å²) in [5, 5.41) is 0. The van der Waals surface area contributed by atoms with Crippen molar-refractivity contribution < 1.29 is 13.5 Å². The molecule has 2 aliphatic rings. The first-order chi connectivity index (χ1) is 9.13. The molecule has 0 saturated heterocycles. The summed E-state index contributed by atoms with van der Waals surface area (Å²) >= 11 is 3.53. The van der Waals surface area contributed by atoms with Gasteiger partial charge in [0.1, 0.15) is 17.4 Å². The Bertz CT molecular complexity index is 456. The van der Waals surface area contributed by atoms with Crippen molar-refractivity contribution >= 4 is 15.9 Å². The van der Waals surface area contributed by atoms with Gasteiger partial charge in [-0.25, -0.2) is 8.78 Å². The predicted octanol–water partition coefficient (Wildman–Crippen LogP) is 4.85. The van der Waals surface area contributed by atoms with Gasteiger partial charge in [0.15, 0.2) is 0 Å². The van der Waals surface area contributed by atoms with Gasteiger partial charge in [0.05, 0.1) is 7.11 Å². The zero-order valence-corrected chi connectivity index (χ0v) is 12.4. The first-order valence-corrected chi connectivity index (χ1v) is 7.72. The Morgan fingerprint density at radius 2 is 1.68 bits per heavy atom. The minimum absolute atomic E-state index is 0.167. The zero-order chi connectivity index (χ0) is 13.6. The maximum atomic E-state index is 14.1. The normalized spacial score (nSPS) is 30.6. The average Bonchev–Trinajstić information content (AvgIpc) is 3.11. The summed E-state index contributed by atoms with van der Waals surface area (Å²) in [5.41, 5.74) is 0.167. The summed E-state index contributed by atoms with van der Waals surface area (Å²) in [6, 6.07) is 2.53. The van der Waals surface area contributed by atoms with Crippen LogP contribution >= 0.6 is 15.9 Å². The molecule has 0 aliphatic heterocycles. The van der Waals surface area contributed by atoms with Crippen LogP contribution in [0, 0.1) is 29.4 Å². The number of ether oxygens (including phenoxy) is 1. The minimum Gasteiger partial charge on any atom is -0.497 e. The molecular weight excluding hydrogens is 314 g/mol. The first kappa shape index (κ1) is 13.3. The Hall–Kier alpha value is -0.640. The number of rotatable bonds is 3. The van der Waals surface area contributed by atoms with Gasteiger partial charge in [-0.05, 0) is 30.6 Å². The van der Waals surface area contributed by atoms with Crippen LogP contribution in [0.3, 0.4) is 0 Å². The van der Waals surface area contributed by atoms with E-state index < -0.39 is 11.6 Å². The molecular formula is C15H17BrF2O. The molecule has 104 valence electrons. The molecule has 2 saturated carbocycles. The van der Waals surface area contributed by atoms with E-state index in [1.54, 1.807) is 0 Å². The second-order valence-corrected chi connectivity index (χ2v) is 6.58. The Balaban J connectivity index is 1.86. The lowest BCUT2D eigenvalue weighted by Crippen LogP contribution is -2.03. The minimum atomic E-state index is -0.512. The van der Waals surface area contributed by atoms with Crippen LogP contribution in [0.15, 0.2) is 12.1 Å². The third-order valence-corrected chi connectivity index (χ3v) is 5.69. The zero-order valence-electron chi connectivity index (χ0n) is 10.8. The molecule has 0 aromatic heterocycles. The quantitative estimate of drug-likeness (QED) is 0.720. The molecule has 0 radical (unpaired) electrons. The van der Waals surface area contributed by atoms with Crippen molar-refractivity contribution in [2.45, 2.75) is 30.5 Å². The van der Waals surface area contributed by atoms with E-state index in [9.17, 15) is 8.78 Å². The molecule has 0 heterocycles. The number of fused-ring (bicyclic) bond motifs is 1. The number of alkyl halides is 1. The van der Waals surface area contributed by atoms with Crippen molar-refractivity contribution in [2.24, 2.45) is 17.8 Å². The molecule has 0 spiro atoms. The maximum Gasteiger partial charge on any atom is 0.134 e. The lowest BCUT2D eigenvalue weighted by atomic mass is 10.0. The topological polar surface area (TPSA) is 9.23 Å². The highest BCUT2D eigenvalue weighted by Crippen LogP contribution is 2.63. The molecule has 1 nitrogen and oxygen atoms in total. The fourth-order valence-corrected chi connectivity index (χ4v) is 4.84. The Morgan fingerprint density at radius 1 is 1.16 bits per heavy atom. The molecule has 2 aliphatic carbocycles. The van der Waals surface area contributed by atoms with Gasteiger partial charge in [0.25, 0.3) is 0 Å². The Kier molecular flexibility index (Phi) is 3.54. The molecule has 1 aromatic carbocycles. The molecule has 1 aromatic rings. The molecule has 2 fully saturated rings. The van der Waals surface area contributed by atoms with Gasteiger partial charge < -0.3 is 4.74 Å². The highest BCUT2D eigenvalue weighted by Gasteiger charge is 2.54. The van der Waals surface area contributed by atoms with Crippen molar-refractivity contribution in [3.8, 4) is 5.75 Å². The van der Waals surface area contributed by atoms with Crippen molar-refractivity contribution in [1.29, 1.82) is 0 Å². The van der Waals surface area contributed by atoms with Crippen LogP contribution in [0.1, 0.15) is 36.1 Å². The van der Waals surface area contributed by atoms with Crippen molar-refractivity contribution in [3.05, 3.63) is 29.3 Å². The molecule has 4 heteroatoms.